The van der Waals surface area contributed by atoms with Crippen LogP contribution in [-0.4, -0.2) is 21.0 Å². The molecule has 1 aromatic carbocycles. The minimum absolute atomic E-state index is 0.0285. The van der Waals surface area contributed by atoms with Crippen LogP contribution in [-0.2, 0) is 6.42 Å². The van der Waals surface area contributed by atoms with E-state index in [0.717, 1.165) is 42.8 Å². The second kappa shape index (κ2) is 6.86. The van der Waals surface area contributed by atoms with Gasteiger partial charge in [-0.2, -0.15) is 4.98 Å². The van der Waals surface area contributed by atoms with Gasteiger partial charge in [-0.3, -0.25) is 9.78 Å². The number of carbonyl (C=O) groups is 1. The van der Waals surface area contributed by atoms with Crippen LogP contribution in [0.3, 0.4) is 0 Å². The van der Waals surface area contributed by atoms with Crippen LogP contribution in [0, 0.1) is 6.92 Å². The van der Waals surface area contributed by atoms with E-state index < -0.39 is 0 Å². The lowest BCUT2D eigenvalue weighted by atomic mass is 9.85. The molecule has 0 bridgehead atoms. The summed E-state index contributed by atoms with van der Waals surface area (Å²) in [5, 5.41) is 7.32. The van der Waals surface area contributed by atoms with Crippen LogP contribution in [0.1, 0.15) is 70.7 Å². The average molecular weight is 374 g/mol. The molecule has 1 amide bonds. The minimum Gasteiger partial charge on any atom is -0.345 e. The minimum atomic E-state index is -0.0595. The number of pyridine rings is 1. The Bertz CT molecular complexity index is 1040. The molecular formula is C22H22N4O2. The van der Waals surface area contributed by atoms with Crippen LogP contribution in [0.5, 0.6) is 0 Å². The van der Waals surface area contributed by atoms with Crippen molar-refractivity contribution in [1.82, 2.24) is 20.4 Å². The van der Waals surface area contributed by atoms with Gasteiger partial charge in [0.25, 0.3) is 5.91 Å². The number of fused-ring (bicyclic) bond motifs is 1. The fourth-order valence-electron chi connectivity index (χ4n) is 4.01. The van der Waals surface area contributed by atoms with Gasteiger partial charge in [-0.25, -0.2) is 0 Å². The summed E-state index contributed by atoms with van der Waals surface area (Å²) in [6.45, 7) is 1.89. The molecule has 1 N–H and O–H groups in total. The van der Waals surface area contributed by atoms with Crippen molar-refractivity contribution in [3.63, 3.8) is 0 Å². The first-order valence-corrected chi connectivity index (χ1v) is 9.88. The number of nitrogens with zero attached hydrogens (tertiary/aromatic N) is 3. The number of aryl methyl sites for hydroxylation is 2. The van der Waals surface area contributed by atoms with E-state index in [0.29, 0.717) is 17.3 Å². The molecule has 0 unspecified atom stereocenters. The SMILES string of the molecule is Cc1cc(C(=O)N[C@@H]2CCc3cc(-c4noc(C5CCC5)n4)ccc32)ccn1. The van der Waals surface area contributed by atoms with Crippen LogP contribution < -0.4 is 5.32 Å². The van der Waals surface area contributed by atoms with Gasteiger partial charge in [0.2, 0.25) is 11.7 Å². The lowest BCUT2D eigenvalue weighted by Crippen LogP contribution is -2.27. The molecule has 0 aliphatic heterocycles. The first kappa shape index (κ1) is 17.1. The molecule has 142 valence electrons. The molecule has 0 spiro atoms. The molecule has 1 atom stereocenters. The van der Waals surface area contributed by atoms with E-state index in [2.05, 4.69) is 32.6 Å². The molecule has 2 aliphatic rings. The second-order valence-electron chi connectivity index (χ2n) is 7.75. The number of nitrogens with one attached hydrogen (secondary N) is 1. The number of rotatable bonds is 4. The first-order valence-electron chi connectivity index (χ1n) is 9.88. The standard InChI is InChI=1S/C22H22N4O2/c1-13-11-17(9-10-23-13)21(27)24-19-8-6-15-12-16(5-7-18(15)19)20-25-22(28-26-20)14-3-2-4-14/h5,7,9-12,14,19H,2-4,6,8H2,1H3,(H,24,27)/t19-/m1/s1. The summed E-state index contributed by atoms with van der Waals surface area (Å²) in [7, 11) is 0. The maximum Gasteiger partial charge on any atom is 0.251 e. The molecular weight excluding hydrogens is 352 g/mol. The monoisotopic (exact) mass is 374 g/mol. The smallest absolute Gasteiger partial charge is 0.251 e. The quantitative estimate of drug-likeness (QED) is 0.743. The number of hydrogen-bond donors (Lipinski definition) is 1. The maximum absolute atomic E-state index is 12.6. The number of amides is 1. The zero-order chi connectivity index (χ0) is 19.1. The van der Waals surface area contributed by atoms with Crippen molar-refractivity contribution >= 4 is 5.91 Å². The predicted octanol–water partition coefficient (Wildman–Crippen LogP) is 4.12. The Balaban J connectivity index is 1.33. The molecule has 0 saturated heterocycles. The highest BCUT2D eigenvalue weighted by Crippen LogP contribution is 2.37. The summed E-state index contributed by atoms with van der Waals surface area (Å²) in [5.74, 6) is 1.80. The molecule has 1 fully saturated rings. The van der Waals surface area contributed by atoms with Crippen molar-refractivity contribution < 1.29 is 9.32 Å². The predicted molar refractivity (Wildman–Crippen MR) is 104 cm³/mol. The Morgan fingerprint density at radius 1 is 1.18 bits per heavy atom. The van der Waals surface area contributed by atoms with Gasteiger partial charge < -0.3 is 9.84 Å². The van der Waals surface area contributed by atoms with E-state index in [1.165, 1.54) is 17.5 Å². The molecule has 0 radical (unpaired) electrons. The molecule has 2 aromatic heterocycles. The third kappa shape index (κ3) is 3.09. The highest BCUT2D eigenvalue weighted by molar-refractivity contribution is 5.94. The maximum atomic E-state index is 12.6. The number of carbonyl (C=O) groups excluding carboxylic acids is 1. The van der Waals surface area contributed by atoms with Crippen molar-refractivity contribution in [2.24, 2.45) is 0 Å². The molecule has 6 nitrogen and oxygen atoms in total. The Hall–Kier alpha value is -3.02. The van der Waals surface area contributed by atoms with E-state index in [1.807, 2.05) is 19.1 Å². The van der Waals surface area contributed by atoms with Gasteiger partial charge in [0.1, 0.15) is 0 Å². The van der Waals surface area contributed by atoms with Crippen LogP contribution in [0.2, 0.25) is 0 Å². The van der Waals surface area contributed by atoms with Gasteiger partial charge in [-0.1, -0.05) is 23.7 Å². The van der Waals surface area contributed by atoms with Gasteiger partial charge in [-0.15, -0.1) is 0 Å². The van der Waals surface area contributed by atoms with Crippen molar-refractivity contribution in [1.29, 1.82) is 0 Å². The van der Waals surface area contributed by atoms with Gasteiger partial charge in [0.15, 0.2) is 0 Å². The fourth-order valence-corrected chi connectivity index (χ4v) is 4.01. The number of benzene rings is 1. The fraction of sp³-hybridized carbons (Fsp3) is 0.364. The lowest BCUT2D eigenvalue weighted by Gasteiger charge is -2.20. The Kier molecular flexibility index (Phi) is 4.19. The molecule has 3 aromatic rings. The van der Waals surface area contributed by atoms with Gasteiger partial charge in [0.05, 0.1) is 6.04 Å². The summed E-state index contributed by atoms with van der Waals surface area (Å²) < 4.78 is 5.45. The highest BCUT2D eigenvalue weighted by atomic mass is 16.5. The molecule has 28 heavy (non-hydrogen) atoms. The van der Waals surface area contributed by atoms with E-state index in [9.17, 15) is 4.79 Å². The third-order valence-corrected chi connectivity index (χ3v) is 5.84. The Labute approximate surface area is 163 Å². The van der Waals surface area contributed by atoms with E-state index >= 15 is 0 Å². The summed E-state index contributed by atoms with van der Waals surface area (Å²) in [4.78, 5) is 21.3. The van der Waals surface area contributed by atoms with Crippen LogP contribution in [0.15, 0.2) is 41.1 Å². The number of hydrogen-bond acceptors (Lipinski definition) is 5. The summed E-state index contributed by atoms with van der Waals surface area (Å²) in [6, 6.07) is 9.82. The molecule has 5 rings (SSSR count). The van der Waals surface area contributed by atoms with E-state index in [-0.39, 0.29) is 11.9 Å². The van der Waals surface area contributed by atoms with Crippen molar-refractivity contribution in [3.8, 4) is 11.4 Å². The second-order valence-corrected chi connectivity index (χ2v) is 7.75. The van der Waals surface area contributed by atoms with Gasteiger partial charge >= 0.3 is 0 Å². The number of aromatic nitrogens is 3. The first-order chi connectivity index (χ1) is 13.7. The molecule has 6 heteroatoms. The normalized spacial score (nSPS) is 18.5. The van der Waals surface area contributed by atoms with E-state index in [1.54, 1.807) is 12.3 Å². The third-order valence-electron chi connectivity index (χ3n) is 5.84. The van der Waals surface area contributed by atoms with Gasteiger partial charge in [-0.05, 0) is 61.9 Å². The van der Waals surface area contributed by atoms with Crippen molar-refractivity contribution in [2.75, 3.05) is 0 Å². The Morgan fingerprint density at radius 2 is 2.07 bits per heavy atom. The zero-order valence-corrected chi connectivity index (χ0v) is 15.8. The van der Waals surface area contributed by atoms with Crippen LogP contribution in [0.4, 0.5) is 0 Å². The molecule has 1 saturated carbocycles. The Morgan fingerprint density at radius 3 is 2.86 bits per heavy atom. The van der Waals surface area contributed by atoms with E-state index in [4.69, 9.17) is 4.52 Å². The summed E-state index contributed by atoms with van der Waals surface area (Å²) in [5.41, 5.74) is 4.87. The lowest BCUT2D eigenvalue weighted by molar-refractivity contribution is 0.0936. The largest absolute Gasteiger partial charge is 0.345 e. The molecule has 2 aliphatic carbocycles. The summed E-state index contributed by atoms with van der Waals surface area (Å²) >= 11 is 0. The topological polar surface area (TPSA) is 80.9 Å². The highest BCUT2D eigenvalue weighted by Gasteiger charge is 2.27. The van der Waals surface area contributed by atoms with Crippen LogP contribution >= 0.6 is 0 Å². The van der Waals surface area contributed by atoms with Gasteiger partial charge in [0, 0.05) is 28.9 Å². The average Bonchev–Trinajstić information content (AvgIpc) is 3.28. The van der Waals surface area contributed by atoms with Crippen LogP contribution in [0.25, 0.3) is 11.4 Å². The summed E-state index contributed by atoms with van der Waals surface area (Å²) in [6.07, 6.45) is 7.02. The van der Waals surface area contributed by atoms with Crippen molar-refractivity contribution in [3.05, 3.63) is 64.8 Å². The molecule has 2 heterocycles. The zero-order valence-electron chi connectivity index (χ0n) is 15.8. The van der Waals surface area contributed by atoms with Crippen molar-refractivity contribution in [2.45, 2.75) is 51.0 Å².